The molecule has 1 aliphatic carbocycles. The fraction of sp³-hybridized carbons (Fsp3) is 0.357. The van der Waals surface area contributed by atoms with Crippen molar-refractivity contribution in [3.8, 4) is 17.1 Å². The molecule has 0 saturated heterocycles. The van der Waals surface area contributed by atoms with Crippen molar-refractivity contribution >= 4 is 0 Å². The third-order valence-electron chi connectivity index (χ3n) is 3.05. The number of hydrogen-bond acceptors (Lipinski definition) is 4. The monoisotopic (exact) mass is 280 g/mol. The topological polar surface area (TPSA) is 47.3 Å². The number of aromatic nitrogens is 1. The van der Waals surface area contributed by atoms with Crippen molar-refractivity contribution in [2.45, 2.75) is 32.0 Å². The Morgan fingerprint density at radius 3 is 2.95 bits per heavy atom. The maximum absolute atomic E-state index is 12.2. The van der Waals surface area contributed by atoms with E-state index >= 15 is 0 Å². The molecular weight excluding hydrogens is 266 g/mol. The Balaban J connectivity index is 1.71. The van der Waals surface area contributed by atoms with Crippen molar-refractivity contribution in [2.75, 3.05) is 0 Å². The first-order valence-corrected chi connectivity index (χ1v) is 6.45. The molecule has 3 rings (SSSR count). The second kappa shape index (κ2) is 5.58. The van der Waals surface area contributed by atoms with E-state index < -0.39 is 6.61 Å². The van der Waals surface area contributed by atoms with Crippen LogP contribution in [0.2, 0.25) is 0 Å². The van der Waals surface area contributed by atoms with Gasteiger partial charge >= 0.3 is 6.61 Å². The molecule has 1 saturated carbocycles. The zero-order valence-corrected chi connectivity index (χ0v) is 10.7. The van der Waals surface area contributed by atoms with E-state index in [0.29, 0.717) is 23.9 Å². The summed E-state index contributed by atoms with van der Waals surface area (Å²) in [4.78, 5) is 0. The molecule has 1 N–H and O–H groups in total. The largest absolute Gasteiger partial charge is 0.435 e. The molecule has 106 valence electrons. The van der Waals surface area contributed by atoms with Gasteiger partial charge in [-0.15, -0.1) is 0 Å². The molecule has 0 bridgehead atoms. The van der Waals surface area contributed by atoms with E-state index in [0.717, 1.165) is 5.69 Å². The van der Waals surface area contributed by atoms with Gasteiger partial charge in [-0.25, -0.2) is 0 Å². The number of nitrogens with one attached hydrogen (secondary N) is 1. The average molecular weight is 280 g/mol. The number of halogens is 2. The van der Waals surface area contributed by atoms with Crippen LogP contribution in [0, 0.1) is 0 Å². The highest BCUT2D eigenvalue weighted by molar-refractivity contribution is 5.59. The predicted molar refractivity (Wildman–Crippen MR) is 68.4 cm³/mol. The Hall–Kier alpha value is -1.95. The van der Waals surface area contributed by atoms with Crippen molar-refractivity contribution in [3.05, 3.63) is 36.0 Å². The molecule has 0 atom stereocenters. The molecule has 0 unspecified atom stereocenters. The fourth-order valence-electron chi connectivity index (χ4n) is 1.89. The van der Waals surface area contributed by atoms with Crippen LogP contribution in [0.4, 0.5) is 8.78 Å². The van der Waals surface area contributed by atoms with Gasteiger partial charge < -0.3 is 14.6 Å². The average Bonchev–Trinajstić information content (AvgIpc) is 3.13. The molecule has 1 heterocycles. The van der Waals surface area contributed by atoms with Gasteiger partial charge in [-0.05, 0) is 25.0 Å². The molecule has 0 spiro atoms. The van der Waals surface area contributed by atoms with Gasteiger partial charge in [-0.3, -0.25) is 0 Å². The highest BCUT2D eigenvalue weighted by Crippen LogP contribution is 2.26. The highest BCUT2D eigenvalue weighted by Gasteiger charge is 2.20. The van der Waals surface area contributed by atoms with Crippen LogP contribution in [-0.2, 0) is 6.54 Å². The van der Waals surface area contributed by atoms with Gasteiger partial charge in [0.05, 0.1) is 5.69 Å². The van der Waals surface area contributed by atoms with Gasteiger partial charge in [-0.1, -0.05) is 17.3 Å². The summed E-state index contributed by atoms with van der Waals surface area (Å²) >= 11 is 0. The Bertz CT molecular complexity index is 582. The van der Waals surface area contributed by atoms with Crippen LogP contribution >= 0.6 is 0 Å². The van der Waals surface area contributed by atoms with Crippen LogP contribution in [0.1, 0.15) is 18.5 Å². The summed E-state index contributed by atoms with van der Waals surface area (Å²) in [5.74, 6) is 0.642. The summed E-state index contributed by atoms with van der Waals surface area (Å²) in [6.45, 7) is -2.18. The van der Waals surface area contributed by atoms with Crippen molar-refractivity contribution in [1.29, 1.82) is 0 Å². The molecular formula is C14H14F2N2O2. The van der Waals surface area contributed by atoms with Gasteiger partial charge in [0.15, 0.2) is 5.76 Å². The Morgan fingerprint density at radius 2 is 2.20 bits per heavy atom. The lowest BCUT2D eigenvalue weighted by molar-refractivity contribution is -0.0498. The fourth-order valence-corrected chi connectivity index (χ4v) is 1.89. The van der Waals surface area contributed by atoms with Gasteiger partial charge in [0.1, 0.15) is 5.75 Å². The van der Waals surface area contributed by atoms with Gasteiger partial charge in [0.25, 0.3) is 0 Å². The number of nitrogens with zero attached hydrogens (tertiary/aromatic N) is 1. The first-order valence-electron chi connectivity index (χ1n) is 6.45. The Labute approximate surface area is 114 Å². The number of benzene rings is 1. The highest BCUT2D eigenvalue weighted by atomic mass is 19.3. The first kappa shape index (κ1) is 13.1. The van der Waals surface area contributed by atoms with E-state index in [-0.39, 0.29) is 5.75 Å². The molecule has 1 aliphatic rings. The summed E-state index contributed by atoms with van der Waals surface area (Å²) in [6.07, 6.45) is 2.41. The Morgan fingerprint density at radius 1 is 1.35 bits per heavy atom. The maximum atomic E-state index is 12.2. The third-order valence-corrected chi connectivity index (χ3v) is 3.05. The third kappa shape index (κ3) is 3.33. The number of hydrogen-bond donors (Lipinski definition) is 1. The van der Waals surface area contributed by atoms with Crippen molar-refractivity contribution < 1.29 is 18.0 Å². The minimum absolute atomic E-state index is 0.103. The molecule has 1 aromatic carbocycles. The lowest BCUT2D eigenvalue weighted by atomic mass is 10.1. The number of ether oxygens (including phenoxy) is 1. The minimum atomic E-state index is -2.83. The quantitative estimate of drug-likeness (QED) is 0.882. The van der Waals surface area contributed by atoms with Crippen molar-refractivity contribution in [2.24, 2.45) is 0 Å². The van der Waals surface area contributed by atoms with E-state index in [9.17, 15) is 8.78 Å². The van der Waals surface area contributed by atoms with Crippen molar-refractivity contribution in [1.82, 2.24) is 10.5 Å². The molecule has 1 fully saturated rings. The molecule has 0 radical (unpaired) electrons. The second-order valence-corrected chi connectivity index (χ2v) is 4.74. The van der Waals surface area contributed by atoms with Gasteiger partial charge in [-0.2, -0.15) is 8.78 Å². The zero-order valence-electron chi connectivity index (χ0n) is 10.7. The van der Waals surface area contributed by atoms with E-state index in [4.69, 9.17) is 4.52 Å². The smallest absolute Gasteiger partial charge is 0.387 e. The summed E-state index contributed by atoms with van der Waals surface area (Å²) in [7, 11) is 0. The number of rotatable bonds is 6. The lowest BCUT2D eigenvalue weighted by Gasteiger charge is -2.04. The SMILES string of the molecule is FC(F)Oc1cccc(-c2cc(CNC3CC3)no2)c1. The minimum Gasteiger partial charge on any atom is -0.435 e. The molecule has 20 heavy (non-hydrogen) atoms. The van der Waals surface area contributed by atoms with Gasteiger partial charge in [0, 0.05) is 24.2 Å². The molecule has 0 aliphatic heterocycles. The molecule has 2 aromatic rings. The summed E-state index contributed by atoms with van der Waals surface area (Å²) in [5, 5.41) is 7.29. The van der Waals surface area contributed by atoms with E-state index in [1.165, 1.54) is 25.0 Å². The molecule has 4 nitrogen and oxygen atoms in total. The van der Waals surface area contributed by atoms with Crippen LogP contribution in [0.25, 0.3) is 11.3 Å². The zero-order chi connectivity index (χ0) is 13.9. The second-order valence-electron chi connectivity index (χ2n) is 4.74. The summed E-state index contributed by atoms with van der Waals surface area (Å²) in [5.41, 5.74) is 1.46. The Kier molecular flexibility index (Phi) is 3.64. The maximum Gasteiger partial charge on any atom is 0.387 e. The van der Waals surface area contributed by atoms with Gasteiger partial charge in [0.2, 0.25) is 0 Å². The van der Waals surface area contributed by atoms with Crippen molar-refractivity contribution in [3.63, 3.8) is 0 Å². The lowest BCUT2D eigenvalue weighted by Crippen LogP contribution is -2.15. The first-order chi connectivity index (χ1) is 9.70. The molecule has 6 heteroatoms. The molecule has 1 aromatic heterocycles. The molecule has 0 amide bonds. The van der Waals surface area contributed by atoms with Crippen LogP contribution in [0.5, 0.6) is 5.75 Å². The summed E-state index contributed by atoms with van der Waals surface area (Å²) < 4.78 is 33.9. The van der Waals surface area contributed by atoms with Crippen LogP contribution in [0.15, 0.2) is 34.9 Å². The van der Waals surface area contributed by atoms with E-state index in [1.54, 1.807) is 18.2 Å². The normalized spacial score (nSPS) is 14.8. The predicted octanol–water partition coefficient (Wildman–Crippen LogP) is 3.20. The van der Waals surface area contributed by atoms with Crippen LogP contribution in [-0.4, -0.2) is 17.8 Å². The summed E-state index contributed by atoms with van der Waals surface area (Å²) in [6, 6.07) is 8.77. The van der Waals surface area contributed by atoms with Crippen LogP contribution in [0.3, 0.4) is 0 Å². The van der Waals surface area contributed by atoms with E-state index in [2.05, 4.69) is 15.2 Å². The van der Waals surface area contributed by atoms with Crippen LogP contribution < -0.4 is 10.1 Å². The number of alkyl halides is 2. The van der Waals surface area contributed by atoms with E-state index in [1.807, 2.05) is 0 Å². The standard InChI is InChI=1S/C14H14F2N2O2/c15-14(16)19-12-3-1-2-9(6-12)13-7-11(18-20-13)8-17-10-4-5-10/h1-3,6-7,10,14,17H,4-5,8H2.